The Bertz CT molecular complexity index is 364. The first-order valence-corrected chi connectivity index (χ1v) is 7.08. The van der Waals surface area contributed by atoms with Crippen LogP contribution in [0.15, 0.2) is 22.7 Å². The van der Waals surface area contributed by atoms with Crippen molar-refractivity contribution in [1.82, 2.24) is 0 Å². The Morgan fingerprint density at radius 1 is 1.50 bits per heavy atom. The maximum Gasteiger partial charge on any atom is 0.137 e. The molecule has 0 amide bonds. The number of benzene rings is 1. The standard InChI is InChI=1S/C12H13Br2FO/c13-10(7-9-2-1-5-16-9)8-3-4-12(15)11(14)6-8/h3-4,6,9-10H,1-2,5,7H2. The lowest BCUT2D eigenvalue weighted by molar-refractivity contribution is 0.104. The first kappa shape index (κ1) is 12.5. The molecule has 0 radical (unpaired) electrons. The molecule has 1 fully saturated rings. The van der Waals surface area contributed by atoms with E-state index in [-0.39, 0.29) is 10.6 Å². The van der Waals surface area contributed by atoms with E-state index in [2.05, 4.69) is 31.9 Å². The van der Waals surface area contributed by atoms with Crippen LogP contribution in [-0.4, -0.2) is 12.7 Å². The highest BCUT2D eigenvalue weighted by Crippen LogP contribution is 2.33. The first-order chi connectivity index (χ1) is 7.66. The summed E-state index contributed by atoms with van der Waals surface area (Å²) in [6.45, 7) is 0.873. The summed E-state index contributed by atoms with van der Waals surface area (Å²) in [5.74, 6) is -0.222. The molecule has 0 aromatic heterocycles. The van der Waals surface area contributed by atoms with Crippen LogP contribution in [-0.2, 0) is 4.74 Å². The summed E-state index contributed by atoms with van der Waals surface area (Å²) in [6.07, 6.45) is 3.56. The molecule has 0 saturated carbocycles. The second-order valence-corrected chi connectivity index (χ2v) is 5.97. The van der Waals surface area contributed by atoms with Gasteiger partial charge in [-0.3, -0.25) is 0 Å². The zero-order valence-electron chi connectivity index (χ0n) is 8.76. The first-order valence-electron chi connectivity index (χ1n) is 5.37. The SMILES string of the molecule is Fc1ccc(C(Br)CC2CCCO2)cc1Br. The number of rotatable bonds is 3. The molecule has 0 bridgehead atoms. The molecule has 4 heteroatoms. The van der Waals surface area contributed by atoms with E-state index in [0.717, 1.165) is 31.4 Å². The van der Waals surface area contributed by atoms with Crippen molar-refractivity contribution in [3.8, 4) is 0 Å². The van der Waals surface area contributed by atoms with Crippen LogP contribution in [0.25, 0.3) is 0 Å². The highest BCUT2D eigenvalue weighted by atomic mass is 79.9. The number of halogens is 3. The molecule has 1 aliphatic rings. The molecule has 1 nitrogen and oxygen atoms in total. The monoisotopic (exact) mass is 350 g/mol. The maximum atomic E-state index is 13.1. The van der Waals surface area contributed by atoms with Gasteiger partial charge >= 0.3 is 0 Å². The Morgan fingerprint density at radius 2 is 2.31 bits per heavy atom. The van der Waals surface area contributed by atoms with Gasteiger partial charge in [-0.25, -0.2) is 4.39 Å². The van der Waals surface area contributed by atoms with Crippen LogP contribution in [0, 0.1) is 5.82 Å². The lowest BCUT2D eigenvalue weighted by Gasteiger charge is -2.15. The molecular weight excluding hydrogens is 339 g/mol. The Kier molecular flexibility index (Phi) is 4.39. The summed E-state index contributed by atoms with van der Waals surface area (Å²) in [5.41, 5.74) is 1.09. The Balaban J connectivity index is 2.02. The Hall–Kier alpha value is 0.0700. The molecule has 88 valence electrons. The quantitative estimate of drug-likeness (QED) is 0.723. The molecule has 2 rings (SSSR count). The van der Waals surface area contributed by atoms with Crippen LogP contribution in [0.4, 0.5) is 4.39 Å². The normalized spacial score (nSPS) is 22.3. The van der Waals surface area contributed by atoms with E-state index >= 15 is 0 Å². The van der Waals surface area contributed by atoms with Crippen LogP contribution >= 0.6 is 31.9 Å². The average Bonchev–Trinajstić information content (AvgIpc) is 2.74. The van der Waals surface area contributed by atoms with Crippen LogP contribution in [0.1, 0.15) is 29.7 Å². The lowest BCUT2D eigenvalue weighted by atomic mass is 10.1. The minimum absolute atomic E-state index is 0.222. The molecule has 1 aromatic rings. The van der Waals surface area contributed by atoms with E-state index in [1.165, 1.54) is 6.07 Å². The van der Waals surface area contributed by atoms with Crippen molar-refractivity contribution in [1.29, 1.82) is 0 Å². The van der Waals surface area contributed by atoms with Gasteiger partial charge in [0.1, 0.15) is 5.82 Å². The summed E-state index contributed by atoms with van der Waals surface area (Å²) in [5, 5.41) is 0. The van der Waals surface area contributed by atoms with E-state index in [9.17, 15) is 4.39 Å². The number of ether oxygens (including phenoxy) is 1. The third-order valence-electron chi connectivity index (χ3n) is 2.80. The molecule has 2 atom stereocenters. The number of alkyl halides is 1. The van der Waals surface area contributed by atoms with Crippen molar-refractivity contribution in [2.45, 2.75) is 30.2 Å². The zero-order valence-corrected chi connectivity index (χ0v) is 11.9. The molecule has 1 aliphatic heterocycles. The van der Waals surface area contributed by atoms with E-state index in [4.69, 9.17) is 4.74 Å². The molecule has 0 N–H and O–H groups in total. The van der Waals surface area contributed by atoms with E-state index in [1.54, 1.807) is 0 Å². The van der Waals surface area contributed by atoms with Gasteiger partial charge in [0.25, 0.3) is 0 Å². The van der Waals surface area contributed by atoms with Crippen molar-refractivity contribution in [3.63, 3.8) is 0 Å². The third kappa shape index (κ3) is 3.05. The van der Waals surface area contributed by atoms with Gasteiger partial charge in [0, 0.05) is 11.4 Å². The van der Waals surface area contributed by atoms with E-state index < -0.39 is 0 Å². The van der Waals surface area contributed by atoms with Gasteiger partial charge < -0.3 is 4.74 Å². The van der Waals surface area contributed by atoms with Crippen molar-refractivity contribution >= 4 is 31.9 Å². The van der Waals surface area contributed by atoms with Crippen LogP contribution in [0.3, 0.4) is 0 Å². The van der Waals surface area contributed by atoms with Crippen LogP contribution < -0.4 is 0 Å². The Morgan fingerprint density at radius 3 is 2.94 bits per heavy atom. The molecule has 1 aromatic carbocycles. The van der Waals surface area contributed by atoms with Gasteiger partial charge in [-0.15, -0.1) is 0 Å². The van der Waals surface area contributed by atoms with Crippen molar-refractivity contribution in [3.05, 3.63) is 34.1 Å². The molecule has 0 spiro atoms. The predicted molar refractivity (Wildman–Crippen MR) is 69.4 cm³/mol. The van der Waals surface area contributed by atoms with Gasteiger partial charge in [0.05, 0.1) is 10.6 Å². The van der Waals surface area contributed by atoms with Crippen LogP contribution in [0.2, 0.25) is 0 Å². The molecule has 2 unspecified atom stereocenters. The summed E-state index contributed by atoms with van der Waals surface area (Å²) in [4.78, 5) is 0.229. The summed E-state index contributed by atoms with van der Waals surface area (Å²) in [6, 6.07) is 5.13. The maximum absolute atomic E-state index is 13.1. The highest BCUT2D eigenvalue weighted by Gasteiger charge is 2.20. The van der Waals surface area contributed by atoms with Gasteiger partial charge in [0.15, 0.2) is 0 Å². The fraction of sp³-hybridized carbons (Fsp3) is 0.500. The fourth-order valence-electron chi connectivity index (χ4n) is 1.90. The fourth-order valence-corrected chi connectivity index (χ4v) is 3.00. The van der Waals surface area contributed by atoms with Gasteiger partial charge in [-0.2, -0.15) is 0 Å². The van der Waals surface area contributed by atoms with Crippen molar-refractivity contribution in [2.24, 2.45) is 0 Å². The van der Waals surface area contributed by atoms with Gasteiger partial charge in [-0.05, 0) is 52.9 Å². The zero-order chi connectivity index (χ0) is 11.5. The number of hydrogen-bond acceptors (Lipinski definition) is 1. The minimum Gasteiger partial charge on any atom is -0.378 e. The van der Waals surface area contributed by atoms with Crippen molar-refractivity contribution in [2.75, 3.05) is 6.61 Å². The number of hydrogen-bond donors (Lipinski definition) is 0. The minimum atomic E-state index is -0.222. The highest BCUT2D eigenvalue weighted by molar-refractivity contribution is 9.10. The van der Waals surface area contributed by atoms with Crippen LogP contribution in [0.5, 0.6) is 0 Å². The second kappa shape index (κ2) is 5.61. The Labute approximate surface area is 112 Å². The molecule has 0 aliphatic carbocycles. The third-order valence-corrected chi connectivity index (χ3v) is 4.31. The molecular formula is C12H13Br2FO. The average molecular weight is 352 g/mol. The van der Waals surface area contributed by atoms with Gasteiger partial charge in [-0.1, -0.05) is 22.0 Å². The lowest BCUT2D eigenvalue weighted by Crippen LogP contribution is -2.08. The topological polar surface area (TPSA) is 9.23 Å². The summed E-state index contributed by atoms with van der Waals surface area (Å²) >= 11 is 6.83. The molecule has 1 heterocycles. The molecule has 16 heavy (non-hydrogen) atoms. The van der Waals surface area contributed by atoms with Gasteiger partial charge in [0.2, 0.25) is 0 Å². The summed E-state index contributed by atoms with van der Waals surface area (Å²) < 4.78 is 19.2. The smallest absolute Gasteiger partial charge is 0.137 e. The summed E-state index contributed by atoms with van der Waals surface area (Å²) in [7, 11) is 0. The van der Waals surface area contributed by atoms with Crippen molar-refractivity contribution < 1.29 is 9.13 Å². The second-order valence-electron chi connectivity index (χ2n) is 4.01. The predicted octanol–water partition coefficient (Wildman–Crippen LogP) is 4.59. The largest absolute Gasteiger partial charge is 0.378 e. The van der Waals surface area contributed by atoms with E-state index in [0.29, 0.717) is 10.6 Å². The molecule has 1 saturated heterocycles. The van der Waals surface area contributed by atoms with E-state index in [1.807, 2.05) is 12.1 Å².